The first-order valence-corrected chi connectivity index (χ1v) is 6.67. The van der Waals surface area contributed by atoms with Gasteiger partial charge in [-0.15, -0.1) is 0 Å². The molecule has 0 aromatic heterocycles. The van der Waals surface area contributed by atoms with Gasteiger partial charge in [0.25, 0.3) is 0 Å². The zero-order valence-corrected chi connectivity index (χ0v) is 11.0. The standard InChI is InChI=1S/C18H16O2/c19-16-9-5-14(6-10-16)18(13-3-1-2-4-13)15-7-11-17(20)12-8-15/h1-13,18-20H. The second-order valence-electron chi connectivity index (χ2n) is 5.01. The van der Waals surface area contributed by atoms with Gasteiger partial charge in [0.15, 0.2) is 0 Å². The van der Waals surface area contributed by atoms with E-state index >= 15 is 0 Å². The lowest BCUT2D eigenvalue weighted by Crippen LogP contribution is -2.09. The largest absolute Gasteiger partial charge is 0.508 e. The van der Waals surface area contributed by atoms with Crippen molar-refractivity contribution < 1.29 is 10.2 Å². The van der Waals surface area contributed by atoms with Gasteiger partial charge in [0, 0.05) is 11.8 Å². The van der Waals surface area contributed by atoms with Crippen LogP contribution < -0.4 is 0 Å². The molecule has 2 aromatic rings. The quantitative estimate of drug-likeness (QED) is 0.880. The van der Waals surface area contributed by atoms with Crippen molar-refractivity contribution in [3.8, 4) is 11.5 Å². The highest BCUT2D eigenvalue weighted by molar-refractivity contribution is 5.41. The van der Waals surface area contributed by atoms with Crippen molar-refractivity contribution in [1.29, 1.82) is 0 Å². The first-order valence-electron chi connectivity index (χ1n) is 6.67. The molecular weight excluding hydrogens is 248 g/mol. The first kappa shape index (κ1) is 12.5. The summed E-state index contributed by atoms with van der Waals surface area (Å²) in [5.74, 6) is 1.03. The molecule has 2 N–H and O–H groups in total. The molecule has 3 rings (SSSR count). The Morgan fingerprint density at radius 2 is 1.05 bits per heavy atom. The molecule has 0 fully saturated rings. The van der Waals surface area contributed by atoms with Crippen molar-refractivity contribution in [3.63, 3.8) is 0 Å². The summed E-state index contributed by atoms with van der Waals surface area (Å²) in [6.45, 7) is 0. The minimum absolute atomic E-state index is 0.186. The van der Waals surface area contributed by atoms with Crippen LogP contribution in [0.1, 0.15) is 17.0 Å². The molecule has 20 heavy (non-hydrogen) atoms. The monoisotopic (exact) mass is 264 g/mol. The van der Waals surface area contributed by atoms with Crippen LogP contribution in [-0.2, 0) is 0 Å². The fourth-order valence-electron chi connectivity index (χ4n) is 2.67. The first-order chi connectivity index (χ1) is 9.74. The summed E-state index contributed by atoms with van der Waals surface area (Å²) < 4.78 is 0. The lowest BCUT2D eigenvalue weighted by atomic mass is 9.81. The van der Waals surface area contributed by atoms with E-state index in [9.17, 15) is 10.2 Å². The highest BCUT2D eigenvalue weighted by Crippen LogP contribution is 2.36. The Bertz CT molecular complexity index is 579. The third kappa shape index (κ3) is 2.45. The lowest BCUT2D eigenvalue weighted by molar-refractivity contribution is 0.474. The predicted molar refractivity (Wildman–Crippen MR) is 79.8 cm³/mol. The van der Waals surface area contributed by atoms with E-state index in [1.54, 1.807) is 24.3 Å². The minimum atomic E-state index is 0.186. The fourth-order valence-corrected chi connectivity index (χ4v) is 2.67. The molecule has 0 amide bonds. The molecule has 0 bridgehead atoms. The van der Waals surface area contributed by atoms with E-state index in [1.165, 1.54) is 0 Å². The molecule has 1 aliphatic rings. The molecule has 0 aliphatic heterocycles. The maximum Gasteiger partial charge on any atom is 0.115 e. The van der Waals surface area contributed by atoms with Crippen molar-refractivity contribution >= 4 is 0 Å². The van der Waals surface area contributed by atoms with Crippen LogP contribution in [0.25, 0.3) is 0 Å². The number of hydrogen-bond acceptors (Lipinski definition) is 2. The molecule has 0 radical (unpaired) electrons. The van der Waals surface area contributed by atoms with Crippen molar-refractivity contribution in [2.75, 3.05) is 0 Å². The van der Waals surface area contributed by atoms with Gasteiger partial charge in [-0.1, -0.05) is 48.6 Å². The molecule has 0 spiro atoms. The highest BCUT2D eigenvalue weighted by atomic mass is 16.3. The van der Waals surface area contributed by atoms with E-state index in [0.29, 0.717) is 5.92 Å². The molecule has 2 aromatic carbocycles. The molecule has 2 nitrogen and oxygen atoms in total. The van der Waals surface area contributed by atoms with Gasteiger partial charge in [-0.25, -0.2) is 0 Å². The topological polar surface area (TPSA) is 40.5 Å². The number of allylic oxidation sites excluding steroid dienone is 4. The second kappa shape index (κ2) is 5.25. The maximum absolute atomic E-state index is 9.45. The van der Waals surface area contributed by atoms with Crippen molar-refractivity contribution in [3.05, 3.63) is 84.0 Å². The van der Waals surface area contributed by atoms with Gasteiger partial charge >= 0.3 is 0 Å². The van der Waals surface area contributed by atoms with E-state index in [-0.39, 0.29) is 17.4 Å². The molecule has 0 heterocycles. The molecule has 0 saturated carbocycles. The fraction of sp³-hybridized carbons (Fsp3) is 0.111. The van der Waals surface area contributed by atoms with Crippen LogP contribution in [0.2, 0.25) is 0 Å². The number of phenolic OH excluding ortho intramolecular Hbond substituents is 2. The Kier molecular flexibility index (Phi) is 3.30. The summed E-state index contributed by atoms with van der Waals surface area (Å²) in [7, 11) is 0. The Hall–Kier alpha value is -2.48. The summed E-state index contributed by atoms with van der Waals surface area (Å²) in [5.41, 5.74) is 2.30. The lowest BCUT2D eigenvalue weighted by Gasteiger charge is -2.22. The average molecular weight is 264 g/mol. The van der Waals surface area contributed by atoms with Gasteiger partial charge in [-0.05, 0) is 35.4 Å². The average Bonchev–Trinajstić information content (AvgIpc) is 2.97. The van der Waals surface area contributed by atoms with Crippen LogP contribution in [0.5, 0.6) is 11.5 Å². The third-order valence-electron chi connectivity index (χ3n) is 3.67. The Morgan fingerprint density at radius 3 is 1.45 bits per heavy atom. The molecule has 1 aliphatic carbocycles. The molecule has 0 unspecified atom stereocenters. The molecule has 0 saturated heterocycles. The highest BCUT2D eigenvalue weighted by Gasteiger charge is 2.22. The predicted octanol–water partition coefficient (Wildman–Crippen LogP) is 3.97. The number of rotatable bonds is 3. The smallest absolute Gasteiger partial charge is 0.115 e. The van der Waals surface area contributed by atoms with Gasteiger partial charge in [0.1, 0.15) is 11.5 Å². The summed E-state index contributed by atoms with van der Waals surface area (Å²) in [6.07, 6.45) is 8.45. The zero-order chi connectivity index (χ0) is 13.9. The SMILES string of the molecule is Oc1ccc(C(c2ccc(O)cc2)C2C=CC=C2)cc1. The number of aromatic hydroxyl groups is 2. The van der Waals surface area contributed by atoms with Crippen LogP contribution in [0.15, 0.2) is 72.8 Å². The van der Waals surface area contributed by atoms with E-state index in [2.05, 4.69) is 24.3 Å². The van der Waals surface area contributed by atoms with Gasteiger partial charge in [0.05, 0.1) is 0 Å². The van der Waals surface area contributed by atoms with Gasteiger partial charge < -0.3 is 10.2 Å². The Morgan fingerprint density at radius 1 is 0.650 bits per heavy atom. The Balaban J connectivity index is 2.03. The summed E-state index contributed by atoms with van der Waals surface area (Å²) in [5, 5.41) is 18.9. The van der Waals surface area contributed by atoms with E-state index in [1.807, 2.05) is 24.3 Å². The van der Waals surface area contributed by atoms with Crippen LogP contribution in [0, 0.1) is 5.92 Å². The number of phenols is 2. The minimum Gasteiger partial charge on any atom is -0.508 e. The van der Waals surface area contributed by atoms with Crippen LogP contribution in [0.3, 0.4) is 0 Å². The van der Waals surface area contributed by atoms with Gasteiger partial charge in [0.2, 0.25) is 0 Å². The van der Waals surface area contributed by atoms with Crippen molar-refractivity contribution in [2.24, 2.45) is 5.92 Å². The summed E-state index contributed by atoms with van der Waals surface area (Å²) in [4.78, 5) is 0. The molecule has 100 valence electrons. The Labute approximate surface area is 118 Å². The summed E-state index contributed by atoms with van der Waals surface area (Å²) in [6, 6.07) is 14.7. The van der Waals surface area contributed by atoms with Gasteiger partial charge in [-0.3, -0.25) is 0 Å². The zero-order valence-electron chi connectivity index (χ0n) is 11.0. The second-order valence-corrected chi connectivity index (χ2v) is 5.01. The van der Waals surface area contributed by atoms with E-state index in [4.69, 9.17) is 0 Å². The van der Waals surface area contributed by atoms with Gasteiger partial charge in [-0.2, -0.15) is 0 Å². The van der Waals surface area contributed by atoms with Crippen LogP contribution in [-0.4, -0.2) is 10.2 Å². The molecule has 2 heteroatoms. The summed E-state index contributed by atoms with van der Waals surface area (Å²) >= 11 is 0. The van der Waals surface area contributed by atoms with E-state index < -0.39 is 0 Å². The van der Waals surface area contributed by atoms with Crippen molar-refractivity contribution in [2.45, 2.75) is 5.92 Å². The normalized spacial score (nSPS) is 14.2. The van der Waals surface area contributed by atoms with Crippen LogP contribution in [0.4, 0.5) is 0 Å². The molecular formula is C18H16O2. The van der Waals surface area contributed by atoms with E-state index in [0.717, 1.165) is 11.1 Å². The van der Waals surface area contributed by atoms with Crippen LogP contribution >= 0.6 is 0 Å². The van der Waals surface area contributed by atoms with Crippen molar-refractivity contribution in [1.82, 2.24) is 0 Å². The maximum atomic E-state index is 9.45. The molecule has 0 atom stereocenters. The number of hydrogen-bond donors (Lipinski definition) is 2. The number of benzene rings is 2. The third-order valence-corrected chi connectivity index (χ3v) is 3.67.